The molecule has 1 amide bonds. The Kier molecular flexibility index (Phi) is 5.59. The van der Waals surface area contributed by atoms with E-state index in [4.69, 9.17) is 10.5 Å². The zero-order chi connectivity index (χ0) is 15.1. The minimum atomic E-state index is -0.668. The summed E-state index contributed by atoms with van der Waals surface area (Å²) in [6.45, 7) is 0.488. The van der Waals surface area contributed by atoms with Gasteiger partial charge in [0, 0.05) is 12.2 Å². The fourth-order valence-corrected chi connectivity index (χ4v) is 2.41. The van der Waals surface area contributed by atoms with Gasteiger partial charge in [-0.2, -0.15) is 11.3 Å². The number of carbonyl (C=O) groups excluding carboxylic acids is 1. The summed E-state index contributed by atoms with van der Waals surface area (Å²) in [5.41, 5.74) is 7.06. The van der Waals surface area contributed by atoms with Crippen LogP contribution in [-0.2, 0) is 4.79 Å². The van der Waals surface area contributed by atoms with E-state index in [-0.39, 0.29) is 25.5 Å². The van der Waals surface area contributed by atoms with Gasteiger partial charge in [-0.3, -0.25) is 4.79 Å². The molecule has 6 heteroatoms. The van der Waals surface area contributed by atoms with Crippen molar-refractivity contribution in [1.29, 1.82) is 0 Å². The first kappa shape index (κ1) is 15.3. The summed E-state index contributed by atoms with van der Waals surface area (Å²) < 4.78 is 5.43. The van der Waals surface area contributed by atoms with E-state index in [1.54, 1.807) is 24.3 Å². The Morgan fingerprint density at radius 1 is 1.33 bits per heavy atom. The SMILES string of the molecule is Nc1ccc(OCCC(=O)NCC(O)c2ccsc2)cc1. The topological polar surface area (TPSA) is 84.6 Å². The van der Waals surface area contributed by atoms with Crippen LogP contribution in [0.5, 0.6) is 5.75 Å². The third-order valence-corrected chi connectivity index (χ3v) is 3.60. The third-order valence-electron chi connectivity index (χ3n) is 2.90. The molecule has 2 rings (SSSR count). The molecule has 4 N–H and O–H groups in total. The maximum atomic E-state index is 11.6. The Morgan fingerprint density at radius 2 is 2.10 bits per heavy atom. The van der Waals surface area contributed by atoms with E-state index < -0.39 is 6.10 Å². The fraction of sp³-hybridized carbons (Fsp3) is 0.267. The van der Waals surface area contributed by atoms with Crippen LogP contribution in [0, 0.1) is 0 Å². The van der Waals surface area contributed by atoms with Crippen molar-refractivity contribution in [2.45, 2.75) is 12.5 Å². The summed E-state index contributed by atoms with van der Waals surface area (Å²) in [6.07, 6.45) is -0.431. The highest BCUT2D eigenvalue weighted by Gasteiger charge is 2.09. The highest BCUT2D eigenvalue weighted by atomic mass is 32.1. The molecular weight excluding hydrogens is 288 g/mol. The number of hydrogen-bond donors (Lipinski definition) is 3. The molecule has 112 valence electrons. The zero-order valence-electron chi connectivity index (χ0n) is 11.5. The van der Waals surface area contributed by atoms with Gasteiger partial charge in [-0.1, -0.05) is 0 Å². The minimum absolute atomic E-state index is 0.153. The molecule has 1 unspecified atom stereocenters. The predicted octanol–water partition coefficient (Wildman–Crippen LogP) is 1.95. The molecule has 0 fully saturated rings. The van der Waals surface area contributed by atoms with Crippen LogP contribution in [0.2, 0.25) is 0 Å². The monoisotopic (exact) mass is 306 g/mol. The fourth-order valence-electron chi connectivity index (χ4n) is 1.71. The summed E-state index contributed by atoms with van der Waals surface area (Å²) >= 11 is 1.51. The molecule has 1 aromatic carbocycles. The lowest BCUT2D eigenvalue weighted by molar-refractivity contribution is -0.122. The van der Waals surface area contributed by atoms with Gasteiger partial charge < -0.3 is 20.9 Å². The lowest BCUT2D eigenvalue weighted by atomic mass is 10.2. The van der Waals surface area contributed by atoms with Crippen molar-refractivity contribution in [1.82, 2.24) is 5.32 Å². The molecule has 0 radical (unpaired) electrons. The number of rotatable bonds is 7. The molecule has 0 bridgehead atoms. The van der Waals surface area contributed by atoms with E-state index in [0.717, 1.165) is 5.56 Å². The first-order chi connectivity index (χ1) is 10.1. The summed E-state index contributed by atoms with van der Waals surface area (Å²) in [5, 5.41) is 16.3. The number of amides is 1. The average Bonchev–Trinajstić information content (AvgIpc) is 3.01. The van der Waals surface area contributed by atoms with E-state index in [2.05, 4.69) is 5.32 Å². The van der Waals surface area contributed by atoms with Gasteiger partial charge in [-0.15, -0.1) is 0 Å². The van der Waals surface area contributed by atoms with Crippen LogP contribution in [0.15, 0.2) is 41.1 Å². The highest BCUT2D eigenvalue weighted by Crippen LogP contribution is 2.15. The van der Waals surface area contributed by atoms with E-state index >= 15 is 0 Å². The minimum Gasteiger partial charge on any atom is -0.493 e. The van der Waals surface area contributed by atoms with Crippen molar-refractivity contribution in [3.63, 3.8) is 0 Å². The molecule has 21 heavy (non-hydrogen) atoms. The zero-order valence-corrected chi connectivity index (χ0v) is 12.3. The van der Waals surface area contributed by atoms with Crippen LogP contribution >= 0.6 is 11.3 Å². The van der Waals surface area contributed by atoms with Crippen LogP contribution in [0.25, 0.3) is 0 Å². The lowest BCUT2D eigenvalue weighted by Gasteiger charge is -2.11. The number of ether oxygens (including phenoxy) is 1. The van der Waals surface area contributed by atoms with Crippen molar-refractivity contribution in [2.24, 2.45) is 0 Å². The van der Waals surface area contributed by atoms with Crippen LogP contribution in [0.3, 0.4) is 0 Å². The van der Waals surface area contributed by atoms with Gasteiger partial charge in [-0.05, 0) is 46.7 Å². The second-order valence-electron chi connectivity index (χ2n) is 4.54. The van der Waals surface area contributed by atoms with Gasteiger partial charge in [0.1, 0.15) is 5.75 Å². The first-order valence-corrected chi connectivity index (χ1v) is 7.54. The second-order valence-corrected chi connectivity index (χ2v) is 5.32. The number of nitrogen functional groups attached to an aromatic ring is 1. The van der Waals surface area contributed by atoms with Gasteiger partial charge in [-0.25, -0.2) is 0 Å². The van der Waals surface area contributed by atoms with E-state index in [0.29, 0.717) is 11.4 Å². The first-order valence-electron chi connectivity index (χ1n) is 6.60. The van der Waals surface area contributed by atoms with Gasteiger partial charge in [0.15, 0.2) is 0 Å². The molecule has 1 aromatic heterocycles. The smallest absolute Gasteiger partial charge is 0.223 e. The summed E-state index contributed by atoms with van der Waals surface area (Å²) in [6, 6.07) is 8.84. The second kappa shape index (κ2) is 7.66. The summed E-state index contributed by atoms with van der Waals surface area (Å²) in [4.78, 5) is 11.6. The van der Waals surface area contributed by atoms with Crippen LogP contribution in [-0.4, -0.2) is 24.2 Å². The largest absolute Gasteiger partial charge is 0.493 e. The Balaban J connectivity index is 1.64. The van der Waals surface area contributed by atoms with Crippen LogP contribution in [0.4, 0.5) is 5.69 Å². The molecule has 0 saturated heterocycles. The number of aliphatic hydroxyl groups is 1. The molecule has 5 nitrogen and oxygen atoms in total. The quantitative estimate of drug-likeness (QED) is 0.683. The molecule has 0 aliphatic carbocycles. The number of anilines is 1. The molecule has 0 aliphatic heterocycles. The number of thiophene rings is 1. The number of hydrogen-bond acceptors (Lipinski definition) is 5. The number of nitrogens with one attached hydrogen (secondary N) is 1. The van der Waals surface area contributed by atoms with Crippen LogP contribution in [0.1, 0.15) is 18.1 Å². The maximum Gasteiger partial charge on any atom is 0.223 e. The van der Waals surface area contributed by atoms with E-state index in [9.17, 15) is 9.90 Å². The molecule has 0 saturated carbocycles. The van der Waals surface area contributed by atoms with E-state index in [1.165, 1.54) is 11.3 Å². The molecule has 0 aliphatic rings. The van der Waals surface area contributed by atoms with Gasteiger partial charge in [0.25, 0.3) is 0 Å². The van der Waals surface area contributed by atoms with Gasteiger partial charge >= 0.3 is 0 Å². The predicted molar refractivity (Wildman–Crippen MR) is 83.3 cm³/mol. The van der Waals surface area contributed by atoms with E-state index in [1.807, 2.05) is 16.8 Å². The third kappa shape index (κ3) is 5.09. The van der Waals surface area contributed by atoms with Crippen molar-refractivity contribution in [3.05, 3.63) is 46.7 Å². The van der Waals surface area contributed by atoms with Gasteiger partial charge in [0.2, 0.25) is 5.91 Å². The van der Waals surface area contributed by atoms with Crippen LogP contribution < -0.4 is 15.8 Å². The Hall–Kier alpha value is -2.05. The van der Waals surface area contributed by atoms with Crippen molar-refractivity contribution in [3.8, 4) is 5.75 Å². The molecule has 1 heterocycles. The molecule has 0 spiro atoms. The number of benzene rings is 1. The number of nitrogens with two attached hydrogens (primary N) is 1. The standard InChI is InChI=1S/C15H18N2O3S/c16-12-1-3-13(4-2-12)20-7-5-15(19)17-9-14(18)11-6-8-21-10-11/h1-4,6,8,10,14,18H,5,7,9,16H2,(H,17,19). The van der Waals surface area contributed by atoms with Crippen molar-refractivity contribution >= 4 is 22.9 Å². The maximum absolute atomic E-state index is 11.6. The van der Waals surface area contributed by atoms with Gasteiger partial charge in [0.05, 0.1) is 19.1 Å². The molecule has 2 aromatic rings. The Labute approximate surface area is 127 Å². The average molecular weight is 306 g/mol. The number of carbonyl (C=O) groups is 1. The normalized spacial score (nSPS) is 11.9. The van der Waals surface area contributed by atoms with Crippen molar-refractivity contribution < 1.29 is 14.6 Å². The number of aliphatic hydroxyl groups excluding tert-OH is 1. The molecule has 1 atom stereocenters. The summed E-state index contributed by atoms with van der Waals surface area (Å²) in [5.74, 6) is 0.523. The molecular formula is C15H18N2O3S. The Morgan fingerprint density at radius 3 is 2.76 bits per heavy atom. The highest BCUT2D eigenvalue weighted by molar-refractivity contribution is 7.07. The van der Waals surface area contributed by atoms with Crippen molar-refractivity contribution in [2.75, 3.05) is 18.9 Å². The Bertz CT molecular complexity index is 555. The summed E-state index contributed by atoms with van der Waals surface area (Å²) in [7, 11) is 0. The lowest BCUT2D eigenvalue weighted by Crippen LogP contribution is -2.29.